The Morgan fingerprint density at radius 1 is 1.11 bits per heavy atom. The van der Waals surface area contributed by atoms with Gasteiger partial charge in [0.25, 0.3) is 0 Å². The van der Waals surface area contributed by atoms with Gasteiger partial charge in [0.05, 0.1) is 27.0 Å². The predicted octanol–water partition coefficient (Wildman–Crippen LogP) is 2.29. The number of aromatic nitrogens is 1. The van der Waals surface area contributed by atoms with Crippen LogP contribution >= 0.6 is 11.3 Å². The summed E-state index contributed by atoms with van der Waals surface area (Å²) in [6.45, 7) is 0.440. The quantitative estimate of drug-likeness (QED) is 0.910. The number of benzene rings is 1. The van der Waals surface area contributed by atoms with Crippen LogP contribution in [0.3, 0.4) is 0 Å². The Morgan fingerprint density at radius 2 is 1.74 bits per heavy atom. The summed E-state index contributed by atoms with van der Waals surface area (Å²) in [6, 6.07) is 3.74. The third-order valence-corrected chi connectivity index (χ3v) is 3.56. The highest BCUT2D eigenvalue weighted by molar-refractivity contribution is 7.09. The number of nitrogens with two attached hydrogens (primary N) is 1. The second-order valence-corrected chi connectivity index (χ2v) is 4.69. The first-order valence-corrected chi connectivity index (χ1v) is 6.56. The van der Waals surface area contributed by atoms with Gasteiger partial charge in [-0.05, 0) is 12.1 Å². The summed E-state index contributed by atoms with van der Waals surface area (Å²) >= 11 is 1.53. The number of methoxy groups -OCH3 is 3. The molecule has 0 atom stereocenters. The highest BCUT2D eigenvalue weighted by Crippen LogP contribution is 2.41. The topological polar surface area (TPSA) is 66.6 Å². The number of thiazole rings is 1. The van der Waals surface area contributed by atoms with Crippen molar-refractivity contribution in [2.45, 2.75) is 6.54 Å². The van der Waals surface area contributed by atoms with E-state index in [4.69, 9.17) is 19.9 Å². The first-order valence-electron chi connectivity index (χ1n) is 5.68. The molecule has 2 aromatic rings. The number of hydrogen-bond donors (Lipinski definition) is 1. The molecule has 1 aromatic carbocycles. The van der Waals surface area contributed by atoms with Gasteiger partial charge in [0.1, 0.15) is 5.01 Å². The zero-order valence-electron chi connectivity index (χ0n) is 11.1. The normalized spacial score (nSPS) is 10.3. The molecule has 102 valence electrons. The van der Waals surface area contributed by atoms with Gasteiger partial charge in [-0.3, -0.25) is 0 Å². The molecule has 6 heteroatoms. The fourth-order valence-electron chi connectivity index (χ4n) is 1.77. The Labute approximate surface area is 115 Å². The van der Waals surface area contributed by atoms with Crippen LogP contribution in [-0.2, 0) is 6.54 Å². The highest BCUT2D eigenvalue weighted by Gasteiger charge is 2.15. The summed E-state index contributed by atoms with van der Waals surface area (Å²) in [7, 11) is 4.76. The molecular weight excluding hydrogens is 264 g/mol. The van der Waals surface area contributed by atoms with Crippen molar-refractivity contribution in [2.75, 3.05) is 21.3 Å². The van der Waals surface area contributed by atoms with E-state index in [0.717, 1.165) is 16.3 Å². The SMILES string of the molecule is COc1cc(-c2csc(CN)n2)cc(OC)c1OC. The molecular formula is C13H16N2O3S. The first kappa shape index (κ1) is 13.6. The van der Waals surface area contributed by atoms with Crippen molar-refractivity contribution in [3.8, 4) is 28.5 Å². The van der Waals surface area contributed by atoms with Gasteiger partial charge < -0.3 is 19.9 Å². The Hall–Kier alpha value is -1.79. The van der Waals surface area contributed by atoms with Crippen LogP contribution in [0.4, 0.5) is 0 Å². The molecule has 0 saturated carbocycles. The van der Waals surface area contributed by atoms with E-state index < -0.39 is 0 Å². The second-order valence-electron chi connectivity index (χ2n) is 3.74. The molecule has 2 N–H and O–H groups in total. The molecule has 0 spiro atoms. The molecule has 0 aliphatic carbocycles. The van der Waals surface area contributed by atoms with Crippen molar-refractivity contribution in [2.24, 2.45) is 5.73 Å². The van der Waals surface area contributed by atoms with Crippen molar-refractivity contribution >= 4 is 11.3 Å². The average Bonchev–Trinajstić information content (AvgIpc) is 2.94. The number of nitrogens with zero attached hydrogens (tertiary/aromatic N) is 1. The lowest BCUT2D eigenvalue weighted by Gasteiger charge is -2.13. The molecule has 0 amide bonds. The fourth-order valence-corrected chi connectivity index (χ4v) is 2.45. The number of hydrogen-bond acceptors (Lipinski definition) is 6. The van der Waals surface area contributed by atoms with E-state index in [1.807, 2.05) is 17.5 Å². The maximum absolute atomic E-state index is 5.58. The summed E-state index contributed by atoms with van der Waals surface area (Å²) in [6.07, 6.45) is 0. The van der Waals surface area contributed by atoms with Crippen LogP contribution in [0.2, 0.25) is 0 Å². The molecule has 1 heterocycles. The Bertz CT molecular complexity index is 544. The molecule has 0 saturated heterocycles. The smallest absolute Gasteiger partial charge is 0.203 e. The predicted molar refractivity (Wildman–Crippen MR) is 75.1 cm³/mol. The molecule has 0 unspecified atom stereocenters. The van der Waals surface area contributed by atoms with Gasteiger partial charge >= 0.3 is 0 Å². The summed E-state index contributed by atoms with van der Waals surface area (Å²) in [5.41, 5.74) is 7.34. The van der Waals surface area contributed by atoms with E-state index >= 15 is 0 Å². The van der Waals surface area contributed by atoms with Crippen molar-refractivity contribution < 1.29 is 14.2 Å². The molecule has 5 nitrogen and oxygen atoms in total. The van der Waals surface area contributed by atoms with Crippen LogP contribution in [0.15, 0.2) is 17.5 Å². The Kier molecular flexibility index (Phi) is 4.24. The van der Waals surface area contributed by atoms with Crippen LogP contribution in [0.5, 0.6) is 17.2 Å². The van der Waals surface area contributed by atoms with Crippen molar-refractivity contribution in [1.82, 2.24) is 4.98 Å². The Balaban J connectivity index is 2.51. The molecule has 0 aliphatic rings. The highest BCUT2D eigenvalue weighted by atomic mass is 32.1. The van der Waals surface area contributed by atoms with E-state index in [9.17, 15) is 0 Å². The summed E-state index contributed by atoms with van der Waals surface area (Å²) < 4.78 is 15.9. The minimum atomic E-state index is 0.440. The van der Waals surface area contributed by atoms with E-state index in [1.54, 1.807) is 21.3 Å². The lowest BCUT2D eigenvalue weighted by Crippen LogP contribution is -1.96. The minimum Gasteiger partial charge on any atom is -0.493 e. The van der Waals surface area contributed by atoms with Crippen molar-refractivity contribution in [3.63, 3.8) is 0 Å². The summed E-state index contributed by atoms with van der Waals surface area (Å²) in [4.78, 5) is 4.45. The minimum absolute atomic E-state index is 0.440. The van der Waals surface area contributed by atoms with Gasteiger partial charge in [0, 0.05) is 17.5 Å². The van der Waals surface area contributed by atoms with E-state index in [0.29, 0.717) is 23.8 Å². The molecule has 1 aromatic heterocycles. The molecule has 0 aliphatic heterocycles. The van der Waals surface area contributed by atoms with Gasteiger partial charge in [-0.1, -0.05) is 0 Å². The van der Waals surface area contributed by atoms with Crippen LogP contribution in [0.25, 0.3) is 11.3 Å². The molecule has 0 bridgehead atoms. The molecule has 19 heavy (non-hydrogen) atoms. The maximum atomic E-state index is 5.58. The lowest BCUT2D eigenvalue weighted by atomic mass is 10.1. The van der Waals surface area contributed by atoms with Crippen molar-refractivity contribution in [1.29, 1.82) is 0 Å². The van der Waals surface area contributed by atoms with Gasteiger partial charge in [-0.25, -0.2) is 4.98 Å². The Morgan fingerprint density at radius 3 is 2.16 bits per heavy atom. The van der Waals surface area contributed by atoms with Crippen LogP contribution < -0.4 is 19.9 Å². The zero-order valence-corrected chi connectivity index (χ0v) is 11.9. The van der Waals surface area contributed by atoms with E-state index in [2.05, 4.69) is 4.98 Å². The maximum Gasteiger partial charge on any atom is 0.203 e. The van der Waals surface area contributed by atoms with Crippen LogP contribution in [-0.4, -0.2) is 26.3 Å². The number of ether oxygens (including phenoxy) is 3. The molecule has 2 rings (SSSR count). The van der Waals surface area contributed by atoms with Crippen molar-refractivity contribution in [3.05, 3.63) is 22.5 Å². The number of rotatable bonds is 5. The third kappa shape index (κ3) is 2.64. The van der Waals surface area contributed by atoms with Crippen LogP contribution in [0.1, 0.15) is 5.01 Å². The standard InChI is InChI=1S/C13H16N2O3S/c1-16-10-4-8(5-11(17-2)13(10)18-3)9-7-19-12(6-14)15-9/h4-5,7H,6,14H2,1-3H3. The summed E-state index contributed by atoms with van der Waals surface area (Å²) in [5, 5.41) is 2.85. The molecule has 0 radical (unpaired) electrons. The zero-order chi connectivity index (χ0) is 13.8. The van der Waals surface area contributed by atoms with E-state index in [-0.39, 0.29) is 0 Å². The summed E-state index contributed by atoms with van der Waals surface area (Å²) in [5.74, 6) is 1.79. The van der Waals surface area contributed by atoms with Gasteiger partial charge in [-0.2, -0.15) is 0 Å². The van der Waals surface area contributed by atoms with Gasteiger partial charge in [0.15, 0.2) is 11.5 Å². The van der Waals surface area contributed by atoms with E-state index in [1.165, 1.54) is 11.3 Å². The first-order chi connectivity index (χ1) is 9.23. The molecule has 0 fully saturated rings. The van der Waals surface area contributed by atoms with Gasteiger partial charge in [0.2, 0.25) is 5.75 Å². The van der Waals surface area contributed by atoms with Gasteiger partial charge in [-0.15, -0.1) is 11.3 Å². The second kappa shape index (κ2) is 5.90. The lowest BCUT2D eigenvalue weighted by molar-refractivity contribution is 0.324. The monoisotopic (exact) mass is 280 g/mol. The average molecular weight is 280 g/mol. The largest absolute Gasteiger partial charge is 0.493 e. The third-order valence-electron chi connectivity index (χ3n) is 2.69. The fraction of sp³-hybridized carbons (Fsp3) is 0.308. The van der Waals surface area contributed by atoms with Crippen LogP contribution in [0, 0.1) is 0 Å².